The van der Waals surface area contributed by atoms with Gasteiger partial charge < -0.3 is 4.74 Å². The SMILES string of the molecule is CCOC(=O)c1c[nH]n(-c2ccc(Br)cn2)c1=O. The van der Waals surface area contributed by atoms with E-state index in [9.17, 15) is 9.59 Å². The first kappa shape index (κ1) is 12.6. The molecule has 0 radical (unpaired) electrons. The number of hydrogen-bond donors (Lipinski definition) is 1. The molecule has 0 spiro atoms. The molecule has 0 aliphatic rings. The molecule has 2 aromatic rings. The van der Waals surface area contributed by atoms with Crippen molar-refractivity contribution in [3.05, 3.63) is 44.9 Å². The number of esters is 1. The maximum atomic E-state index is 11.9. The average Bonchev–Trinajstić information content (AvgIpc) is 2.73. The Kier molecular flexibility index (Phi) is 3.61. The summed E-state index contributed by atoms with van der Waals surface area (Å²) in [6.07, 6.45) is 2.87. The van der Waals surface area contributed by atoms with Gasteiger partial charge in [0.25, 0.3) is 5.56 Å². The van der Waals surface area contributed by atoms with Gasteiger partial charge in [-0.2, -0.15) is 0 Å². The summed E-state index contributed by atoms with van der Waals surface area (Å²) < 4.78 is 6.76. The van der Waals surface area contributed by atoms with Gasteiger partial charge in [0.15, 0.2) is 5.82 Å². The minimum Gasteiger partial charge on any atom is -0.462 e. The van der Waals surface area contributed by atoms with Crippen molar-refractivity contribution in [3.63, 3.8) is 0 Å². The number of aromatic amines is 1. The van der Waals surface area contributed by atoms with E-state index in [0.717, 1.165) is 4.47 Å². The molecule has 0 aliphatic carbocycles. The topological polar surface area (TPSA) is 77.0 Å². The highest BCUT2D eigenvalue weighted by Gasteiger charge is 2.16. The normalized spacial score (nSPS) is 10.3. The summed E-state index contributed by atoms with van der Waals surface area (Å²) in [6.45, 7) is 1.90. The smallest absolute Gasteiger partial charge is 0.345 e. The molecule has 0 amide bonds. The molecule has 2 aromatic heterocycles. The number of nitrogens with one attached hydrogen (secondary N) is 1. The summed E-state index contributed by atoms with van der Waals surface area (Å²) >= 11 is 3.25. The van der Waals surface area contributed by atoms with Crippen LogP contribution in [0.4, 0.5) is 0 Å². The number of carbonyl (C=O) groups is 1. The van der Waals surface area contributed by atoms with Crippen LogP contribution in [0.5, 0.6) is 0 Å². The van der Waals surface area contributed by atoms with Gasteiger partial charge in [-0.15, -0.1) is 0 Å². The second kappa shape index (κ2) is 5.18. The van der Waals surface area contributed by atoms with E-state index in [2.05, 4.69) is 26.0 Å². The fraction of sp³-hybridized carbons (Fsp3) is 0.182. The van der Waals surface area contributed by atoms with Gasteiger partial charge in [0.05, 0.1) is 6.61 Å². The molecule has 2 rings (SSSR count). The van der Waals surface area contributed by atoms with Gasteiger partial charge in [-0.1, -0.05) is 0 Å². The molecule has 0 saturated carbocycles. The predicted molar refractivity (Wildman–Crippen MR) is 67.8 cm³/mol. The minimum atomic E-state index is -0.644. The first-order valence-electron chi connectivity index (χ1n) is 5.23. The lowest BCUT2D eigenvalue weighted by atomic mass is 10.3. The Morgan fingerprint density at radius 3 is 2.94 bits per heavy atom. The lowest BCUT2D eigenvalue weighted by Crippen LogP contribution is -2.22. The van der Waals surface area contributed by atoms with E-state index in [4.69, 9.17) is 4.74 Å². The Balaban J connectivity index is 2.40. The molecule has 0 fully saturated rings. The molecule has 6 nitrogen and oxygen atoms in total. The van der Waals surface area contributed by atoms with Gasteiger partial charge in [-0.3, -0.25) is 9.89 Å². The average molecular weight is 312 g/mol. The largest absolute Gasteiger partial charge is 0.462 e. The highest BCUT2D eigenvalue weighted by Crippen LogP contribution is 2.09. The molecule has 0 saturated heterocycles. The Morgan fingerprint density at radius 2 is 2.33 bits per heavy atom. The van der Waals surface area contributed by atoms with Crippen molar-refractivity contribution >= 4 is 21.9 Å². The lowest BCUT2D eigenvalue weighted by Gasteiger charge is -1.99. The molecule has 1 N–H and O–H groups in total. The van der Waals surface area contributed by atoms with Gasteiger partial charge in [0, 0.05) is 16.9 Å². The van der Waals surface area contributed by atoms with Crippen molar-refractivity contribution in [3.8, 4) is 5.82 Å². The first-order chi connectivity index (χ1) is 8.63. The Hall–Kier alpha value is -1.89. The Morgan fingerprint density at radius 1 is 1.56 bits per heavy atom. The lowest BCUT2D eigenvalue weighted by molar-refractivity contribution is 0.0525. The van der Waals surface area contributed by atoms with Crippen LogP contribution < -0.4 is 5.56 Å². The molecule has 0 bridgehead atoms. The van der Waals surface area contributed by atoms with Crippen LogP contribution in [0.3, 0.4) is 0 Å². The van der Waals surface area contributed by atoms with Crippen molar-refractivity contribution in [2.45, 2.75) is 6.92 Å². The van der Waals surface area contributed by atoms with Crippen LogP contribution >= 0.6 is 15.9 Å². The summed E-state index contributed by atoms with van der Waals surface area (Å²) in [5.41, 5.74) is -0.523. The number of ether oxygens (including phenoxy) is 1. The number of aromatic nitrogens is 3. The molecule has 2 heterocycles. The number of H-pyrrole nitrogens is 1. The number of pyridine rings is 1. The predicted octanol–water partition coefficient (Wildman–Crippen LogP) is 1.50. The highest BCUT2D eigenvalue weighted by atomic mass is 79.9. The second-order valence-corrected chi connectivity index (χ2v) is 4.30. The highest BCUT2D eigenvalue weighted by molar-refractivity contribution is 9.10. The number of halogens is 1. The zero-order valence-electron chi connectivity index (χ0n) is 9.51. The molecular weight excluding hydrogens is 302 g/mol. The molecular formula is C11H10BrN3O3. The zero-order valence-corrected chi connectivity index (χ0v) is 11.1. The number of rotatable bonds is 3. The van der Waals surface area contributed by atoms with E-state index in [1.54, 1.807) is 25.3 Å². The molecule has 0 unspecified atom stereocenters. The summed E-state index contributed by atoms with van der Waals surface area (Å²) in [4.78, 5) is 27.5. The molecule has 0 aliphatic heterocycles. The fourth-order valence-electron chi connectivity index (χ4n) is 1.40. The second-order valence-electron chi connectivity index (χ2n) is 3.38. The van der Waals surface area contributed by atoms with Crippen LogP contribution in [-0.2, 0) is 4.74 Å². The van der Waals surface area contributed by atoms with Crippen molar-refractivity contribution in [2.75, 3.05) is 6.61 Å². The van der Waals surface area contributed by atoms with Crippen LogP contribution in [0, 0.1) is 0 Å². The first-order valence-corrected chi connectivity index (χ1v) is 6.02. The van der Waals surface area contributed by atoms with Gasteiger partial charge in [-0.25, -0.2) is 14.5 Å². The molecule has 18 heavy (non-hydrogen) atoms. The van der Waals surface area contributed by atoms with E-state index in [-0.39, 0.29) is 12.2 Å². The van der Waals surface area contributed by atoms with Crippen molar-refractivity contribution in [1.82, 2.24) is 14.8 Å². The molecule has 94 valence electrons. The van der Waals surface area contributed by atoms with Crippen molar-refractivity contribution in [2.24, 2.45) is 0 Å². The summed E-state index contributed by atoms with van der Waals surface area (Å²) in [5.74, 6) is -0.242. The van der Waals surface area contributed by atoms with E-state index in [1.807, 2.05) is 0 Å². The summed E-state index contributed by atoms with van der Waals surface area (Å²) in [7, 11) is 0. The van der Waals surface area contributed by atoms with Gasteiger partial charge in [0.2, 0.25) is 0 Å². The van der Waals surface area contributed by atoms with Gasteiger partial charge in [0.1, 0.15) is 5.56 Å². The summed E-state index contributed by atoms with van der Waals surface area (Å²) in [5, 5.41) is 2.67. The van der Waals surface area contributed by atoms with Crippen LogP contribution in [0.25, 0.3) is 5.82 Å². The third-order valence-corrected chi connectivity index (χ3v) is 2.68. The third-order valence-electron chi connectivity index (χ3n) is 2.21. The quantitative estimate of drug-likeness (QED) is 0.871. The third kappa shape index (κ3) is 2.35. The molecule has 7 heteroatoms. The van der Waals surface area contributed by atoms with Crippen LogP contribution in [0.15, 0.2) is 33.8 Å². The van der Waals surface area contributed by atoms with E-state index in [0.29, 0.717) is 5.82 Å². The fourth-order valence-corrected chi connectivity index (χ4v) is 1.63. The van der Waals surface area contributed by atoms with E-state index < -0.39 is 11.5 Å². The zero-order chi connectivity index (χ0) is 13.1. The van der Waals surface area contributed by atoms with Crippen LogP contribution in [0.2, 0.25) is 0 Å². The number of hydrogen-bond acceptors (Lipinski definition) is 4. The summed E-state index contributed by atoms with van der Waals surface area (Å²) in [6, 6.07) is 3.40. The number of carbonyl (C=O) groups excluding carboxylic acids is 1. The number of nitrogens with zero attached hydrogens (tertiary/aromatic N) is 2. The Labute approximate surface area is 111 Å². The van der Waals surface area contributed by atoms with Gasteiger partial charge >= 0.3 is 5.97 Å². The molecule has 0 aromatic carbocycles. The van der Waals surface area contributed by atoms with E-state index in [1.165, 1.54) is 10.9 Å². The van der Waals surface area contributed by atoms with Crippen molar-refractivity contribution < 1.29 is 9.53 Å². The van der Waals surface area contributed by atoms with Crippen LogP contribution in [0.1, 0.15) is 17.3 Å². The maximum absolute atomic E-state index is 11.9. The van der Waals surface area contributed by atoms with Crippen molar-refractivity contribution in [1.29, 1.82) is 0 Å². The van der Waals surface area contributed by atoms with Crippen LogP contribution in [-0.4, -0.2) is 27.3 Å². The maximum Gasteiger partial charge on any atom is 0.345 e. The minimum absolute atomic E-state index is 0.0402. The monoisotopic (exact) mass is 311 g/mol. The standard InChI is InChI=1S/C11H10BrN3O3/c1-2-18-11(17)8-6-14-15(10(8)16)9-4-3-7(12)5-13-9/h3-6,14H,2H2,1H3. The Bertz CT molecular complexity index is 615. The molecule has 0 atom stereocenters. The van der Waals surface area contributed by atoms with E-state index >= 15 is 0 Å². The van der Waals surface area contributed by atoms with Gasteiger partial charge in [-0.05, 0) is 35.0 Å².